The topological polar surface area (TPSA) is 35.5 Å². The molecule has 17 heavy (non-hydrogen) atoms. The molecule has 0 saturated carbocycles. The smallest absolute Gasteiger partial charge is 0.0843 e. The summed E-state index contributed by atoms with van der Waals surface area (Å²) in [5.41, 5.74) is 0.542. The lowest BCUT2D eigenvalue weighted by Gasteiger charge is -2.38. The fraction of sp³-hybridized carbons (Fsp3) is 0.571. The van der Waals surface area contributed by atoms with Crippen LogP contribution in [0.25, 0.3) is 0 Å². The van der Waals surface area contributed by atoms with E-state index in [1.807, 2.05) is 30.3 Å². The predicted molar refractivity (Wildman–Crippen MR) is 71.2 cm³/mol. The Morgan fingerprint density at radius 3 is 2.47 bits per heavy atom. The number of rotatable bonds is 4. The predicted octanol–water partition coefficient (Wildman–Crippen LogP) is 1.95. The highest BCUT2D eigenvalue weighted by atomic mass is 16.3. The Labute approximate surface area is 103 Å². The molecule has 94 valence electrons. The molecule has 1 aromatic carbocycles. The number of likely N-dealkylation sites (tertiary alicyclic amines) is 1. The largest absolute Gasteiger partial charge is 0.388 e. The number of piperidine rings is 1. The summed E-state index contributed by atoms with van der Waals surface area (Å²) >= 11 is 0. The molecule has 0 radical (unpaired) electrons. The van der Waals surface area contributed by atoms with Crippen molar-refractivity contribution in [2.75, 3.05) is 31.5 Å². The zero-order valence-corrected chi connectivity index (χ0v) is 10.5. The summed E-state index contributed by atoms with van der Waals surface area (Å²) in [6.07, 6.45) is 1.72. The molecule has 1 aliphatic heterocycles. The van der Waals surface area contributed by atoms with E-state index in [1.54, 1.807) is 0 Å². The van der Waals surface area contributed by atoms with E-state index in [2.05, 4.69) is 17.1 Å². The van der Waals surface area contributed by atoms with Gasteiger partial charge < -0.3 is 15.3 Å². The first-order valence-corrected chi connectivity index (χ1v) is 6.45. The van der Waals surface area contributed by atoms with Gasteiger partial charge in [0.25, 0.3) is 0 Å². The average Bonchev–Trinajstić information content (AvgIpc) is 2.39. The molecule has 1 aromatic rings. The van der Waals surface area contributed by atoms with E-state index in [0.29, 0.717) is 6.54 Å². The van der Waals surface area contributed by atoms with Gasteiger partial charge in [-0.15, -0.1) is 0 Å². The van der Waals surface area contributed by atoms with E-state index in [-0.39, 0.29) is 0 Å². The summed E-state index contributed by atoms with van der Waals surface area (Å²) < 4.78 is 0. The minimum atomic E-state index is -0.540. The maximum atomic E-state index is 10.5. The number of nitrogens with one attached hydrogen (secondary N) is 1. The second-order valence-corrected chi connectivity index (χ2v) is 4.88. The van der Waals surface area contributed by atoms with E-state index in [9.17, 15) is 5.11 Å². The van der Waals surface area contributed by atoms with Crippen molar-refractivity contribution >= 4 is 5.69 Å². The molecule has 1 saturated heterocycles. The lowest BCUT2D eigenvalue weighted by Crippen LogP contribution is -2.48. The Morgan fingerprint density at radius 1 is 1.24 bits per heavy atom. The van der Waals surface area contributed by atoms with Gasteiger partial charge in [-0.25, -0.2) is 0 Å². The SMILES string of the molecule is CCN1CCC(O)(CNc2ccccc2)CC1. The van der Waals surface area contributed by atoms with Crippen LogP contribution >= 0.6 is 0 Å². The van der Waals surface area contributed by atoms with Gasteiger partial charge in [0, 0.05) is 25.3 Å². The molecule has 0 spiro atoms. The molecule has 0 unspecified atom stereocenters. The van der Waals surface area contributed by atoms with Crippen LogP contribution in [0.3, 0.4) is 0 Å². The van der Waals surface area contributed by atoms with Gasteiger partial charge in [0.15, 0.2) is 0 Å². The van der Waals surface area contributed by atoms with Gasteiger partial charge in [0.1, 0.15) is 0 Å². The van der Waals surface area contributed by atoms with Gasteiger partial charge in [-0.05, 0) is 31.5 Å². The average molecular weight is 234 g/mol. The first-order valence-electron chi connectivity index (χ1n) is 6.45. The highest BCUT2D eigenvalue weighted by Gasteiger charge is 2.31. The fourth-order valence-corrected chi connectivity index (χ4v) is 2.28. The second kappa shape index (κ2) is 5.52. The van der Waals surface area contributed by atoms with Gasteiger partial charge in [0.05, 0.1) is 5.60 Å². The number of nitrogens with zero attached hydrogens (tertiary/aromatic N) is 1. The fourth-order valence-electron chi connectivity index (χ4n) is 2.28. The van der Waals surface area contributed by atoms with Gasteiger partial charge >= 0.3 is 0 Å². The summed E-state index contributed by atoms with van der Waals surface area (Å²) in [4.78, 5) is 2.39. The summed E-state index contributed by atoms with van der Waals surface area (Å²) in [6, 6.07) is 10.1. The summed E-state index contributed by atoms with van der Waals surface area (Å²) in [5, 5.41) is 13.8. The van der Waals surface area contributed by atoms with Crippen LogP contribution in [0.4, 0.5) is 5.69 Å². The molecule has 0 aromatic heterocycles. The minimum Gasteiger partial charge on any atom is -0.388 e. The van der Waals surface area contributed by atoms with E-state index in [4.69, 9.17) is 0 Å². The van der Waals surface area contributed by atoms with E-state index in [0.717, 1.165) is 38.2 Å². The number of hydrogen-bond acceptors (Lipinski definition) is 3. The Kier molecular flexibility index (Phi) is 4.02. The minimum absolute atomic E-state index is 0.540. The molecule has 1 heterocycles. The van der Waals surface area contributed by atoms with Crippen molar-refractivity contribution in [2.45, 2.75) is 25.4 Å². The van der Waals surface area contributed by atoms with Gasteiger partial charge in [-0.2, -0.15) is 0 Å². The molecule has 0 atom stereocenters. The number of para-hydroxylation sites is 1. The molecule has 1 aliphatic rings. The summed E-state index contributed by atoms with van der Waals surface area (Å²) in [7, 11) is 0. The third kappa shape index (κ3) is 3.45. The summed E-state index contributed by atoms with van der Waals surface area (Å²) in [6.45, 7) is 5.91. The van der Waals surface area contributed by atoms with Crippen molar-refractivity contribution in [3.63, 3.8) is 0 Å². The van der Waals surface area contributed by atoms with Crippen molar-refractivity contribution in [1.82, 2.24) is 4.90 Å². The van der Waals surface area contributed by atoms with Crippen LogP contribution in [-0.2, 0) is 0 Å². The highest BCUT2D eigenvalue weighted by Crippen LogP contribution is 2.22. The molecular formula is C14H22N2O. The van der Waals surface area contributed by atoms with Crippen molar-refractivity contribution in [3.8, 4) is 0 Å². The molecule has 2 rings (SSSR count). The van der Waals surface area contributed by atoms with Gasteiger partial charge in [-0.1, -0.05) is 25.1 Å². The molecule has 3 heteroatoms. The third-order valence-corrected chi connectivity index (χ3v) is 3.63. The molecule has 2 N–H and O–H groups in total. The van der Waals surface area contributed by atoms with Crippen LogP contribution in [0, 0.1) is 0 Å². The zero-order chi connectivity index (χ0) is 12.1. The first kappa shape index (κ1) is 12.4. The highest BCUT2D eigenvalue weighted by molar-refractivity contribution is 5.42. The molecule has 1 fully saturated rings. The number of aliphatic hydroxyl groups is 1. The molecule has 3 nitrogen and oxygen atoms in total. The van der Waals surface area contributed by atoms with Gasteiger partial charge in [-0.3, -0.25) is 0 Å². The summed E-state index contributed by atoms with van der Waals surface area (Å²) in [5.74, 6) is 0. The standard InChI is InChI=1S/C14H22N2O/c1-2-16-10-8-14(17,9-11-16)12-15-13-6-4-3-5-7-13/h3-7,15,17H,2,8-12H2,1H3. The maximum Gasteiger partial charge on any atom is 0.0843 e. The van der Waals surface area contributed by atoms with E-state index in [1.165, 1.54) is 0 Å². The van der Waals surface area contributed by atoms with Crippen LogP contribution in [0.2, 0.25) is 0 Å². The number of anilines is 1. The lowest BCUT2D eigenvalue weighted by atomic mass is 9.91. The van der Waals surface area contributed by atoms with Gasteiger partial charge in [0.2, 0.25) is 0 Å². The van der Waals surface area contributed by atoms with E-state index < -0.39 is 5.60 Å². The van der Waals surface area contributed by atoms with Crippen LogP contribution in [0.15, 0.2) is 30.3 Å². The lowest BCUT2D eigenvalue weighted by molar-refractivity contribution is -0.00874. The Bertz CT molecular complexity index is 331. The van der Waals surface area contributed by atoms with Crippen molar-refractivity contribution in [2.24, 2.45) is 0 Å². The van der Waals surface area contributed by atoms with Crippen molar-refractivity contribution < 1.29 is 5.11 Å². The molecule has 0 bridgehead atoms. The zero-order valence-electron chi connectivity index (χ0n) is 10.5. The molecule has 0 amide bonds. The number of benzene rings is 1. The first-order chi connectivity index (χ1) is 8.22. The van der Waals surface area contributed by atoms with Crippen molar-refractivity contribution in [3.05, 3.63) is 30.3 Å². The van der Waals surface area contributed by atoms with Crippen LogP contribution in [0.5, 0.6) is 0 Å². The normalized spacial score (nSPS) is 20.1. The van der Waals surface area contributed by atoms with Crippen LogP contribution < -0.4 is 5.32 Å². The Balaban J connectivity index is 1.83. The monoisotopic (exact) mass is 234 g/mol. The molecular weight excluding hydrogens is 212 g/mol. The van der Waals surface area contributed by atoms with E-state index >= 15 is 0 Å². The quantitative estimate of drug-likeness (QED) is 0.836. The third-order valence-electron chi connectivity index (χ3n) is 3.63. The van der Waals surface area contributed by atoms with Crippen molar-refractivity contribution in [1.29, 1.82) is 0 Å². The van der Waals surface area contributed by atoms with Crippen LogP contribution in [0.1, 0.15) is 19.8 Å². The Morgan fingerprint density at radius 2 is 1.88 bits per heavy atom. The molecule has 0 aliphatic carbocycles. The maximum absolute atomic E-state index is 10.5. The Hall–Kier alpha value is -1.06. The van der Waals surface area contributed by atoms with Crippen LogP contribution in [-0.4, -0.2) is 41.8 Å². The second-order valence-electron chi connectivity index (χ2n) is 4.88. The number of hydrogen-bond donors (Lipinski definition) is 2.